The second-order valence-electron chi connectivity index (χ2n) is 8.86. The molecule has 0 aromatic carbocycles. The summed E-state index contributed by atoms with van der Waals surface area (Å²) >= 11 is 0. The number of unbranched alkanes of at least 4 members (excludes halogenated alkanes) is 12. The zero-order valence-electron chi connectivity index (χ0n) is 21.2. The van der Waals surface area contributed by atoms with Crippen molar-refractivity contribution in [1.82, 2.24) is 5.32 Å². The van der Waals surface area contributed by atoms with Crippen molar-refractivity contribution < 1.29 is 24.2 Å². The first-order chi connectivity index (χ1) is 15.5. The molecule has 6 nitrogen and oxygen atoms in total. The van der Waals surface area contributed by atoms with E-state index in [1.165, 1.54) is 64.2 Å². The number of esters is 1. The molecule has 0 heterocycles. The highest BCUT2D eigenvalue weighted by Gasteiger charge is 2.19. The van der Waals surface area contributed by atoms with Gasteiger partial charge in [-0.1, -0.05) is 104 Å². The van der Waals surface area contributed by atoms with Gasteiger partial charge in [-0.15, -0.1) is 0 Å². The van der Waals surface area contributed by atoms with E-state index in [0.717, 1.165) is 32.1 Å². The summed E-state index contributed by atoms with van der Waals surface area (Å²) in [7, 11) is 0. The molecule has 6 heteroatoms. The average Bonchev–Trinajstić information content (AvgIpc) is 2.78. The Kier molecular flexibility index (Phi) is 22.2. The van der Waals surface area contributed by atoms with E-state index in [0.29, 0.717) is 13.0 Å². The number of hydrogen-bond donors (Lipinski definition) is 2. The van der Waals surface area contributed by atoms with Crippen LogP contribution in [0.3, 0.4) is 0 Å². The zero-order valence-corrected chi connectivity index (χ0v) is 21.2. The Bertz CT molecular complexity index is 444. The van der Waals surface area contributed by atoms with Gasteiger partial charge in [-0.2, -0.15) is 0 Å². The normalized spacial score (nSPS) is 13.0. The lowest BCUT2D eigenvalue weighted by Gasteiger charge is -2.20. The van der Waals surface area contributed by atoms with Gasteiger partial charge in [0.1, 0.15) is 12.7 Å². The highest BCUT2D eigenvalue weighted by atomic mass is 16.6. The molecule has 0 aliphatic heterocycles. The van der Waals surface area contributed by atoms with Gasteiger partial charge in [0.15, 0.2) is 0 Å². The Morgan fingerprint density at radius 3 is 1.81 bits per heavy atom. The summed E-state index contributed by atoms with van der Waals surface area (Å²) in [6, 6.07) is -0.200. The lowest BCUT2D eigenvalue weighted by molar-refractivity contribution is -0.148. The number of rotatable bonds is 23. The number of carbonyl (C=O) groups excluding carboxylic acids is 2. The SMILES string of the molecule is CCCCCCCCCCCCCCC(O)C(=O)N[C@@H](CCCC)COCC(=O)OCC. The number of amides is 1. The molecule has 2 atom stereocenters. The van der Waals surface area contributed by atoms with Crippen LogP contribution in [0.5, 0.6) is 0 Å². The highest BCUT2D eigenvalue weighted by molar-refractivity contribution is 5.80. The van der Waals surface area contributed by atoms with Crippen molar-refractivity contribution in [2.24, 2.45) is 0 Å². The molecule has 0 saturated heterocycles. The van der Waals surface area contributed by atoms with Crippen LogP contribution in [0.4, 0.5) is 0 Å². The van der Waals surface area contributed by atoms with Crippen LogP contribution in [0.1, 0.15) is 124 Å². The van der Waals surface area contributed by atoms with Gasteiger partial charge in [0, 0.05) is 0 Å². The molecule has 0 spiro atoms. The summed E-state index contributed by atoms with van der Waals surface area (Å²) in [5.74, 6) is -0.742. The molecule has 0 aromatic rings. The molecular weight excluding hydrogens is 406 g/mol. The Morgan fingerprint density at radius 2 is 1.28 bits per heavy atom. The third-order valence-electron chi connectivity index (χ3n) is 5.73. The average molecular weight is 458 g/mol. The molecule has 0 rings (SSSR count). The molecule has 0 radical (unpaired) electrons. The topological polar surface area (TPSA) is 84.9 Å². The van der Waals surface area contributed by atoms with Crippen molar-refractivity contribution in [2.45, 2.75) is 136 Å². The van der Waals surface area contributed by atoms with E-state index >= 15 is 0 Å². The Labute approximate surface area is 197 Å². The summed E-state index contributed by atoms with van der Waals surface area (Å²) in [4.78, 5) is 23.7. The monoisotopic (exact) mass is 457 g/mol. The Morgan fingerprint density at radius 1 is 0.750 bits per heavy atom. The summed E-state index contributed by atoms with van der Waals surface area (Å²) in [5.41, 5.74) is 0. The zero-order chi connectivity index (χ0) is 23.9. The third kappa shape index (κ3) is 19.5. The van der Waals surface area contributed by atoms with Crippen LogP contribution in [0.15, 0.2) is 0 Å². The van der Waals surface area contributed by atoms with Crippen LogP contribution in [0, 0.1) is 0 Å². The van der Waals surface area contributed by atoms with Crippen LogP contribution < -0.4 is 5.32 Å². The van der Waals surface area contributed by atoms with E-state index in [1.54, 1.807) is 6.92 Å². The number of aliphatic hydroxyl groups excluding tert-OH is 1. The van der Waals surface area contributed by atoms with Crippen LogP contribution >= 0.6 is 0 Å². The van der Waals surface area contributed by atoms with Gasteiger partial charge >= 0.3 is 5.97 Å². The minimum atomic E-state index is -0.979. The molecule has 190 valence electrons. The second kappa shape index (κ2) is 23.0. The molecule has 0 aliphatic rings. The van der Waals surface area contributed by atoms with Gasteiger partial charge in [0.2, 0.25) is 5.91 Å². The molecule has 0 fully saturated rings. The molecule has 0 bridgehead atoms. The summed E-state index contributed by atoms with van der Waals surface area (Å²) in [6.07, 6.45) is 17.3. The Balaban J connectivity index is 3.86. The minimum absolute atomic E-state index is 0.117. The molecule has 1 amide bonds. The van der Waals surface area contributed by atoms with Gasteiger partial charge in [-0.05, 0) is 19.8 Å². The summed E-state index contributed by atoms with van der Waals surface area (Å²) in [5, 5.41) is 13.1. The number of hydrogen-bond acceptors (Lipinski definition) is 5. The standard InChI is InChI=1S/C26H51NO5/c1-4-7-9-10-11-12-13-14-15-16-17-18-20-24(28)26(30)27-23(19-8-5-2)21-31-22-25(29)32-6-3/h23-24,28H,4-22H2,1-3H3,(H,27,30)/t23-,24?/m0/s1. The summed E-state index contributed by atoms with van der Waals surface area (Å²) in [6.45, 7) is 6.54. The Hall–Kier alpha value is -1.14. The molecular formula is C26H51NO5. The summed E-state index contributed by atoms with van der Waals surface area (Å²) < 4.78 is 10.2. The number of ether oxygens (including phenoxy) is 2. The fraction of sp³-hybridized carbons (Fsp3) is 0.923. The van der Waals surface area contributed by atoms with Crippen molar-refractivity contribution in [3.05, 3.63) is 0 Å². The smallest absolute Gasteiger partial charge is 0.332 e. The lowest BCUT2D eigenvalue weighted by Crippen LogP contribution is -2.44. The maximum Gasteiger partial charge on any atom is 0.332 e. The van der Waals surface area contributed by atoms with E-state index in [2.05, 4.69) is 19.2 Å². The first kappa shape index (κ1) is 30.9. The fourth-order valence-corrected chi connectivity index (χ4v) is 3.74. The number of nitrogens with one attached hydrogen (secondary N) is 1. The van der Waals surface area contributed by atoms with Gasteiger partial charge in [0.25, 0.3) is 0 Å². The largest absolute Gasteiger partial charge is 0.464 e. The van der Waals surface area contributed by atoms with Gasteiger partial charge in [0.05, 0.1) is 19.3 Å². The maximum atomic E-state index is 12.3. The fourth-order valence-electron chi connectivity index (χ4n) is 3.74. The van der Waals surface area contributed by atoms with Crippen LogP contribution in [-0.2, 0) is 19.1 Å². The van der Waals surface area contributed by atoms with E-state index in [-0.39, 0.29) is 25.2 Å². The molecule has 2 N–H and O–H groups in total. The van der Waals surface area contributed by atoms with Crippen molar-refractivity contribution in [2.75, 3.05) is 19.8 Å². The van der Waals surface area contributed by atoms with E-state index in [9.17, 15) is 14.7 Å². The minimum Gasteiger partial charge on any atom is -0.464 e. The molecule has 0 aromatic heterocycles. The van der Waals surface area contributed by atoms with E-state index < -0.39 is 12.1 Å². The molecule has 32 heavy (non-hydrogen) atoms. The van der Waals surface area contributed by atoms with Crippen LogP contribution in [0.25, 0.3) is 0 Å². The predicted molar refractivity (Wildman–Crippen MR) is 131 cm³/mol. The first-order valence-electron chi connectivity index (χ1n) is 13.3. The predicted octanol–water partition coefficient (Wildman–Crippen LogP) is 5.69. The van der Waals surface area contributed by atoms with Crippen molar-refractivity contribution >= 4 is 11.9 Å². The van der Waals surface area contributed by atoms with Crippen LogP contribution in [-0.4, -0.2) is 48.9 Å². The second-order valence-corrected chi connectivity index (χ2v) is 8.86. The molecule has 0 saturated carbocycles. The number of carbonyl (C=O) groups is 2. The van der Waals surface area contributed by atoms with E-state index in [4.69, 9.17) is 9.47 Å². The quantitative estimate of drug-likeness (QED) is 0.152. The van der Waals surface area contributed by atoms with Gasteiger partial charge in [-0.25, -0.2) is 4.79 Å². The lowest BCUT2D eigenvalue weighted by atomic mass is 10.0. The van der Waals surface area contributed by atoms with Gasteiger partial charge < -0.3 is 19.9 Å². The van der Waals surface area contributed by atoms with E-state index in [1.807, 2.05) is 0 Å². The third-order valence-corrected chi connectivity index (χ3v) is 5.73. The van der Waals surface area contributed by atoms with Crippen molar-refractivity contribution in [3.8, 4) is 0 Å². The number of aliphatic hydroxyl groups is 1. The van der Waals surface area contributed by atoms with Gasteiger partial charge in [-0.3, -0.25) is 4.79 Å². The maximum absolute atomic E-state index is 12.3. The molecule has 0 aliphatic carbocycles. The van der Waals surface area contributed by atoms with Crippen molar-refractivity contribution in [3.63, 3.8) is 0 Å². The highest BCUT2D eigenvalue weighted by Crippen LogP contribution is 2.13. The first-order valence-corrected chi connectivity index (χ1v) is 13.3. The van der Waals surface area contributed by atoms with Crippen molar-refractivity contribution in [1.29, 1.82) is 0 Å². The molecule has 1 unspecified atom stereocenters. The van der Waals surface area contributed by atoms with Crippen LogP contribution in [0.2, 0.25) is 0 Å².